The van der Waals surface area contributed by atoms with E-state index >= 15 is 0 Å². The summed E-state index contributed by atoms with van der Waals surface area (Å²) in [6, 6.07) is 17.2. The van der Waals surface area contributed by atoms with E-state index in [0.717, 1.165) is 23.3 Å². The number of amides is 1. The molecule has 0 bridgehead atoms. The van der Waals surface area contributed by atoms with Gasteiger partial charge in [0.2, 0.25) is 0 Å². The van der Waals surface area contributed by atoms with Crippen molar-refractivity contribution in [3.63, 3.8) is 0 Å². The zero-order valence-corrected chi connectivity index (χ0v) is 18.8. The first-order chi connectivity index (χ1) is 14.9. The summed E-state index contributed by atoms with van der Waals surface area (Å²) >= 11 is 0. The average molecular weight is 421 g/mol. The van der Waals surface area contributed by atoms with E-state index in [0.29, 0.717) is 30.2 Å². The van der Waals surface area contributed by atoms with Crippen LogP contribution in [0.3, 0.4) is 0 Å². The maximum Gasteiger partial charge on any atom is 0.253 e. The molecule has 1 amide bonds. The molecule has 5 nitrogen and oxygen atoms in total. The summed E-state index contributed by atoms with van der Waals surface area (Å²) in [6.07, 6.45) is 4.58. The summed E-state index contributed by atoms with van der Waals surface area (Å²) in [5, 5.41) is 2.94. The molecule has 0 fully saturated rings. The van der Waals surface area contributed by atoms with Crippen LogP contribution in [0.4, 0.5) is 0 Å². The van der Waals surface area contributed by atoms with E-state index in [2.05, 4.69) is 19.2 Å². The van der Waals surface area contributed by atoms with Gasteiger partial charge in [-0.2, -0.15) is 0 Å². The normalized spacial score (nSPS) is 12.9. The molecular formula is C26H32N2O3. The molecule has 2 aromatic carbocycles. The molecule has 0 aromatic heterocycles. The van der Waals surface area contributed by atoms with Crippen LogP contribution in [-0.2, 0) is 16.1 Å². The summed E-state index contributed by atoms with van der Waals surface area (Å²) in [7, 11) is 1.66. The number of carbonyl (C=O) groups excluding carboxylic acids is 1. The van der Waals surface area contributed by atoms with Crippen LogP contribution in [0, 0.1) is 0 Å². The fourth-order valence-electron chi connectivity index (χ4n) is 2.89. The predicted octanol–water partition coefficient (Wildman–Crippen LogP) is 5.26. The van der Waals surface area contributed by atoms with Gasteiger partial charge in [-0.3, -0.25) is 4.79 Å². The summed E-state index contributed by atoms with van der Waals surface area (Å²) in [6.45, 7) is 6.72. The van der Waals surface area contributed by atoms with Crippen molar-refractivity contribution >= 4 is 5.91 Å². The second-order valence-corrected chi connectivity index (χ2v) is 7.27. The van der Waals surface area contributed by atoms with Gasteiger partial charge < -0.3 is 20.5 Å². The zero-order valence-electron chi connectivity index (χ0n) is 18.8. The van der Waals surface area contributed by atoms with Crippen LogP contribution < -0.4 is 15.8 Å². The number of allylic oxidation sites excluding steroid dienone is 2. The number of ether oxygens (including phenoxy) is 2. The second-order valence-electron chi connectivity index (χ2n) is 7.27. The Morgan fingerprint density at radius 2 is 1.74 bits per heavy atom. The molecule has 0 aliphatic heterocycles. The highest BCUT2D eigenvalue weighted by Crippen LogP contribution is 2.22. The van der Waals surface area contributed by atoms with Gasteiger partial charge >= 0.3 is 0 Å². The van der Waals surface area contributed by atoms with Crippen LogP contribution in [0.5, 0.6) is 11.5 Å². The number of hydrogen-bond donors (Lipinski definition) is 2. The number of methoxy groups -OCH3 is 1. The Balaban J connectivity index is 2.06. The van der Waals surface area contributed by atoms with Crippen molar-refractivity contribution in [2.75, 3.05) is 13.7 Å². The van der Waals surface area contributed by atoms with Crippen molar-refractivity contribution in [1.82, 2.24) is 5.32 Å². The molecule has 0 atom stereocenters. The predicted molar refractivity (Wildman–Crippen MR) is 126 cm³/mol. The number of benzene rings is 2. The minimum absolute atomic E-state index is 0.225. The van der Waals surface area contributed by atoms with E-state index in [-0.39, 0.29) is 5.91 Å². The second kappa shape index (κ2) is 12.4. The van der Waals surface area contributed by atoms with Gasteiger partial charge in [-0.05, 0) is 61.7 Å². The smallest absolute Gasteiger partial charge is 0.253 e. The summed E-state index contributed by atoms with van der Waals surface area (Å²) in [4.78, 5) is 12.8. The fraction of sp³-hybridized carbons (Fsp3) is 0.269. The van der Waals surface area contributed by atoms with Gasteiger partial charge in [0.15, 0.2) is 0 Å². The van der Waals surface area contributed by atoms with Gasteiger partial charge in [-0.1, -0.05) is 48.9 Å². The Morgan fingerprint density at radius 1 is 1.03 bits per heavy atom. The van der Waals surface area contributed by atoms with Crippen LogP contribution in [0.2, 0.25) is 0 Å². The largest absolute Gasteiger partial charge is 0.457 e. The number of hydrogen-bond acceptors (Lipinski definition) is 4. The van der Waals surface area contributed by atoms with Crippen molar-refractivity contribution in [2.45, 2.75) is 33.7 Å². The molecule has 0 unspecified atom stereocenters. The molecule has 164 valence electrons. The minimum atomic E-state index is -0.225. The van der Waals surface area contributed by atoms with Crippen LogP contribution in [0.15, 0.2) is 89.2 Å². The third-order valence-corrected chi connectivity index (χ3v) is 4.83. The van der Waals surface area contributed by atoms with Gasteiger partial charge in [0, 0.05) is 19.4 Å². The Morgan fingerprint density at radius 3 is 2.39 bits per heavy atom. The first-order valence-electron chi connectivity index (χ1n) is 10.4. The SMILES string of the molecule is CCC(C)=C(/C=C\C(C(=O)NCc1cccc(Oc2ccccc2)c1)=C(/C)N)COC. The minimum Gasteiger partial charge on any atom is -0.457 e. The summed E-state index contributed by atoms with van der Waals surface area (Å²) in [5.41, 5.74) is 10.1. The van der Waals surface area contributed by atoms with Crippen LogP contribution >= 0.6 is 0 Å². The van der Waals surface area contributed by atoms with Gasteiger partial charge in [-0.25, -0.2) is 0 Å². The van der Waals surface area contributed by atoms with E-state index in [9.17, 15) is 4.79 Å². The Labute approximate surface area is 185 Å². The average Bonchev–Trinajstić information content (AvgIpc) is 2.77. The maximum atomic E-state index is 12.8. The first-order valence-corrected chi connectivity index (χ1v) is 10.4. The standard InChI is InChI=1S/C26H32N2O3/c1-5-19(2)22(18-30-4)14-15-25(20(3)27)26(29)28-17-21-10-9-13-24(16-21)31-23-11-7-6-8-12-23/h6-16H,5,17-18,27H2,1-4H3,(H,28,29)/b15-14-,22-19?,25-20-. The molecule has 0 heterocycles. The molecule has 5 heteroatoms. The maximum absolute atomic E-state index is 12.8. The molecule has 2 aromatic rings. The first kappa shape index (κ1) is 24.0. The van der Waals surface area contributed by atoms with Crippen LogP contribution in [0.25, 0.3) is 0 Å². The summed E-state index contributed by atoms with van der Waals surface area (Å²) < 4.78 is 11.1. The highest BCUT2D eigenvalue weighted by Gasteiger charge is 2.10. The van der Waals surface area contributed by atoms with Crippen molar-refractivity contribution in [1.29, 1.82) is 0 Å². The molecule has 0 aliphatic carbocycles. The van der Waals surface area contributed by atoms with Crippen molar-refractivity contribution < 1.29 is 14.3 Å². The Bertz CT molecular complexity index is 956. The number of nitrogens with one attached hydrogen (secondary N) is 1. The molecule has 2 rings (SSSR count). The van der Waals surface area contributed by atoms with Gasteiger partial charge in [0.05, 0.1) is 12.2 Å². The number of carbonyl (C=O) groups is 1. The molecule has 0 saturated carbocycles. The molecular weight excluding hydrogens is 388 g/mol. The lowest BCUT2D eigenvalue weighted by atomic mass is 10.1. The fourth-order valence-corrected chi connectivity index (χ4v) is 2.89. The lowest BCUT2D eigenvalue weighted by Crippen LogP contribution is -2.25. The summed E-state index contributed by atoms with van der Waals surface area (Å²) in [5.74, 6) is 1.25. The molecule has 0 saturated heterocycles. The van der Waals surface area contributed by atoms with Crippen molar-refractivity contribution in [2.24, 2.45) is 5.73 Å². The van der Waals surface area contributed by atoms with Gasteiger partial charge in [0.25, 0.3) is 5.91 Å². The third kappa shape index (κ3) is 7.79. The Kier molecular flexibility index (Phi) is 9.59. The Hall–Kier alpha value is -3.31. The van der Waals surface area contributed by atoms with E-state index in [4.69, 9.17) is 15.2 Å². The molecule has 0 spiro atoms. The third-order valence-electron chi connectivity index (χ3n) is 4.83. The van der Waals surface area contributed by atoms with E-state index < -0.39 is 0 Å². The monoisotopic (exact) mass is 420 g/mol. The van der Waals surface area contributed by atoms with Gasteiger partial charge in [0.1, 0.15) is 11.5 Å². The number of para-hydroxylation sites is 1. The highest BCUT2D eigenvalue weighted by atomic mass is 16.5. The van der Waals surface area contributed by atoms with Crippen molar-refractivity contribution in [3.05, 3.63) is 94.7 Å². The molecule has 3 N–H and O–H groups in total. The topological polar surface area (TPSA) is 73.6 Å². The lowest BCUT2D eigenvalue weighted by Gasteiger charge is -2.11. The van der Waals surface area contributed by atoms with Gasteiger partial charge in [-0.15, -0.1) is 0 Å². The number of rotatable bonds is 10. The van der Waals surface area contributed by atoms with E-state index in [1.54, 1.807) is 20.1 Å². The van der Waals surface area contributed by atoms with E-state index in [1.165, 1.54) is 5.57 Å². The molecule has 31 heavy (non-hydrogen) atoms. The number of nitrogens with two attached hydrogens (primary N) is 1. The molecule has 0 radical (unpaired) electrons. The highest BCUT2D eigenvalue weighted by molar-refractivity contribution is 5.96. The van der Waals surface area contributed by atoms with E-state index in [1.807, 2.05) is 60.7 Å². The lowest BCUT2D eigenvalue weighted by molar-refractivity contribution is -0.117. The van der Waals surface area contributed by atoms with Crippen LogP contribution in [0.1, 0.15) is 32.8 Å². The van der Waals surface area contributed by atoms with Crippen LogP contribution in [-0.4, -0.2) is 19.6 Å². The molecule has 0 aliphatic rings. The zero-order chi connectivity index (χ0) is 22.6. The van der Waals surface area contributed by atoms with Crippen molar-refractivity contribution in [3.8, 4) is 11.5 Å². The quantitative estimate of drug-likeness (QED) is 0.406.